The van der Waals surface area contributed by atoms with E-state index >= 15 is 0 Å². The van der Waals surface area contributed by atoms with E-state index in [4.69, 9.17) is 13.9 Å². The smallest absolute Gasteiger partial charge is 0.276 e. The summed E-state index contributed by atoms with van der Waals surface area (Å²) in [4.78, 5) is 21.9. The number of carbonyl (C=O) groups is 1. The molecule has 4 fully saturated rings. The molecule has 0 radical (unpaired) electrons. The van der Waals surface area contributed by atoms with Gasteiger partial charge >= 0.3 is 0 Å². The van der Waals surface area contributed by atoms with Crippen LogP contribution in [0.3, 0.4) is 0 Å². The van der Waals surface area contributed by atoms with Gasteiger partial charge in [-0.25, -0.2) is 4.98 Å². The summed E-state index contributed by atoms with van der Waals surface area (Å²) in [6.45, 7) is 3.23. The maximum absolute atomic E-state index is 13.1. The van der Waals surface area contributed by atoms with E-state index in [1.165, 1.54) is 18.2 Å². The van der Waals surface area contributed by atoms with Crippen LogP contribution in [0, 0.1) is 5.92 Å². The van der Waals surface area contributed by atoms with Crippen LogP contribution in [0.25, 0.3) is 0 Å². The number of carbonyl (C=O) groups excluding carboxylic acids is 1. The Morgan fingerprint density at radius 2 is 1.96 bits per heavy atom. The molecule has 1 aromatic carbocycles. The van der Waals surface area contributed by atoms with Crippen molar-refractivity contribution in [2.45, 2.75) is 30.8 Å². The minimum atomic E-state index is -0.0178. The van der Waals surface area contributed by atoms with Crippen LogP contribution in [0.1, 0.15) is 34.8 Å². The fraction of sp³-hybridized carbons (Fsp3) is 0.500. The van der Waals surface area contributed by atoms with E-state index in [1.54, 1.807) is 0 Å². The lowest BCUT2D eigenvalue weighted by Crippen LogP contribution is -2.60. The first-order valence-corrected chi connectivity index (χ1v) is 9.62. The largest absolute Gasteiger partial charge is 0.454 e. The van der Waals surface area contributed by atoms with Crippen LogP contribution < -0.4 is 9.47 Å². The summed E-state index contributed by atoms with van der Waals surface area (Å²) < 4.78 is 16.1. The number of rotatable bonds is 2. The maximum atomic E-state index is 13.1. The van der Waals surface area contributed by atoms with Gasteiger partial charge in [-0.15, -0.1) is 0 Å². The van der Waals surface area contributed by atoms with E-state index in [1.807, 2.05) is 11.0 Å². The summed E-state index contributed by atoms with van der Waals surface area (Å²) in [6, 6.07) is 6.81. The second kappa shape index (κ2) is 5.73. The highest BCUT2D eigenvalue weighted by Crippen LogP contribution is 2.48. The molecule has 1 aromatic heterocycles. The lowest BCUT2D eigenvalue weighted by Gasteiger charge is -2.51. The van der Waals surface area contributed by atoms with Gasteiger partial charge in [0.1, 0.15) is 6.26 Å². The first kappa shape index (κ1) is 15.5. The summed E-state index contributed by atoms with van der Waals surface area (Å²) in [5.74, 6) is 2.42. The van der Waals surface area contributed by atoms with Crippen molar-refractivity contribution in [3.63, 3.8) is 0 Å². The van der Waals surface area contributed by atoms with Crippen molar-refractivity contribution >= 4 is 5.91 Å². The molecule has 0 aliphatic carbocycles. The fourth-order valence-electron chi connectivity index (χ4n) is 5.56. The normalized spacial score (nSPS) is 33.3. The van der Waals surface area contributed by atoms with Crippen LogP contribution in [0.4, 0.5) is 0 Å². The van der Waals surface area contributed by atoms with Crippen molar-refractivity contribution in [3.8, 4) is 11.5 Å². The Morgan fingerprint density at radius 1 is 1.11 bits per heavy atom. The summed E-state index contributed by atoms with van der Waals surface area (Å²) in [7, 11) is 0. The van der Waals surface area contributed by atoms with Crippen molar-refractivity contribution in [3.05, 3.63) is 42.1 Å². The van der Waals surface area contributed by atoms with Crippen molar-refractivity contribution in [1.82, 2.24) is 14.8 Å². The topological polar surface area (TPSA) is 68.0 Å². The SMILES string of the molecule is O=C(c1cocn1)N1C[C@H](c2ccc3c(c2)OCO3)[C@@H]2[C@H]1C1CCN2CC1. The first-order valence-electron chi connectivity index (χ1n) is 9.62. The quantitative estimate of drug-likeness (QED) is 0.810. The molecule has 0 N–H and O–H groups in total. The lowest BCUT2D eigenvalue weighted by atomic mass is 9.75. The number of amides is 1. The molecule has 3 atom stereocenters. The van der Waals surface area contributed by atoms with Crippen LogP contribution in [0.5, 0.6) is 11.5 Å². The zero-order valence-electron chi connectivity index (χ0n) is 14.9. The average Bonchev–Trinajstić information content (AvgIpc) is 3.47. The third-order valence-corrected chi connectivity index (χ3v) is 6.73. The number of hydrogen-bond acceptors (Lipinski definition) is 6. The molecule has 0 spiro atoms. The first-order chi connectivity index (χ1) is 13.3. The Balaban J connectivity index is 1.39. The van der Waals surface area contributed by atoms with Crippen molar-refractivity contribution in [2.75, 3.05) is 26.4 Å². The second-order valence-electron chi connectivity index (χ2n) is 7.90. The highest BCUT2D eigenvalue weighted by Gasteiger charge is 2.55. The van der Waals surface area contributed by atoms with E-state index in [2.05, 4.69) is 22.0 Å². The van der Waals surface area contributed by atoms with Crippen molar-refractivity contribution < 1.29 is 18.7 Å². The molecule has 1 amide bonds. The molecule has 2 aromatic rings. The second-order valence-corrected chi connectivity index (χ2v) is 7.90. The Morgan fingerprint density at radius 3 is 2.78 bits per heavy atom. The van der Waals surface area contributed by atoms with Gasteiger partial charge < -0.3 is 18.8 Å². The highest BCUT2D eigenvalue weighted by atomic mass is 16.7. The Hall–Kier alpha value is -2.54. The fourth-order valence-corrected chi connectivity index (χ4v) is 5.56. The number of benzene rings is 1. The Bertz CT molecular complexity index is 875. The summed E-state index contributed by atoms with van der Waals surface area (Å²) in [5, 5.41) is 0. The minimum Gasteiger partial charge on any atom is -0.454 e. The number of hydrogen-bond donors (Lipinski definition) is 0. The zero-order valence-corrected chi connectivity index (χ0v) is 14.9. The van der Waals surface area contributed by atoms with Crippen LogP contribution in [0.2, 0.25) is 0 Å². The van der Waals surface area contributed by atoms with Gasteiger partial charge in [0.05, 0.1) is 6.04 Å². The third kappa shape index (κ3) is 2.24. The number of likely N-dealkylation sites (tertiary alicyclic amines) is 1. The molecule has 5 aliphatic heterocycles. The molecule has 5 aliphatic rings. The third-order valence-electron chi connectivity index (χ3n) is 6.73. The molecule has 0 saturated carbocycles. The van der Waals surface area contributed by atoms with E-state index in [-0.39, 0.29) is 24.7 Å². The van der Waals surface area contributed by atoms with E-state index in [9.17, 15) is 4.79 Å². The van der Waals surface area contributed by atoms with Crippen molar-refractivity contribution in [2.24, 2.45) is 5.92 Å². The molecule has 7 rings (SSSR count). The molecule has 7 nitrogen and oxygen atoms in total. The molecule has 7 heteroatoms. The molecule has 140 valence electrons. The van der Waals surface area contributed by atoms with Gasteiger partial charge in [0.15, 0.2) is 23.6 Å². The predicted molar refractivity (Wildman–Crippen MR) is 94.7 cm³/mol. The molecule has 0 unspecified atom stereocenters. The average molecular weight is 367 g/mol. The molecular formula is C20H21N3O4. The molecular weight excluding hydrogens is 346 g/mol. The highest BCUT2D eigenvalue weighted by molar-refractivity contribution is 5.92. The van der Waals surface area contributed by atoms with Crippen LogP contribution in [-0.4, -0.2) is 59.2 Å². The summed E-state index contributed by atoms with van der Waals surface area (Å²) >= 11 is 0. The van der Waals surface area contributed by atoms with Gasteiger partial charge in [-0.05, 0) is 49.5 Å². The number of piperidine rings is 3. The Labute approximate surface area is 156 Å². The van der Waals surface area contributed by atoms with Gasteiger partial charge in [-0.3, -0.25) is 9.69 Å². The number of aromatic nitrogens is 1. The number of fused-ring (bicyclic) bond motifs is 3. The van der Waals surface area contributed by atoms with Gasteiger partial charge in [-0.1, -0.05) is 6.07 Å². The van der Waals surface area contributed by atoms with Gasteiger partial charge in [0.2, 0.25) is 6.79 Å². The number of nitrogens with zero attached hydrogens (tertiary/aromatic N) is 3. The summed E-state index contributed by atoms with van der Waals surface area (Å²) in [5.41, 5.74) is 1.62. The molecule has 27 heavy (non-hydrogen) atoms. The standard InChI is InChI=1S/C20H21N3O4/c24-20(15-9-25-10-21-15)23-8-14(13-1-2-16-17(7-13)27-11-26-16)19-18(23)12-3-5-22(19)6-4-12/h1-2,7,9-10,12,14,18-19H,3-6,8,11H2/t14-,18-,19-/m1/s1. The van der Waals surface area contributed by atoms with E-state index < -0.39 is 0 Å². The van der Waals surface area contributed by atoms with Gasteiger partial charge in [0.25, 0.3) is 5.91 Å². The molecule has 2 bridgehead atoms. The van der Waals surface area contributed by atoms with Gasteiger partial charge in [-0.2, -0.15) is 0 Å². The minimum absolute atomic E-state index is 0.0178. The van der Waals surface area contributed by atoms with E-state index in [0.29, 0.717) is 24.2 Å². The Kier molecular flexibility index (Phi) is 3.29. The zero-order chi connectivity index (χ0) is 18.0. The number of ether oxygens (including phenoxy) is 2. The summed E-state index contributed by atoms with van der Waals surface area (Å²) in [6.07, 6.45) is 5.11. The van der Waals surface area contributed by atoms with Crippen LogP contribution >= 0.6 is 0 Å². The van der Waals surface area contributed by atoms with Crippen LogP contribution in [-0.2, 0) is 0 Å². The van der Waals surface area contributed by atoms with E-state index in [0.717, 1.165) is 37.4 Å². The predicted octanol–water partition coefficient (Wildman–Crippen LogP) is 2.11. The molecule has 6 heterocycles. The van der Waals surface area contributed by atoms with Gasteiger partial charge in [0, 0.05) is 18.5 Å². The van der Waals surface area contributed by atoms with Crippen molar-refractivity contribution in [1.29, 1.82) is 0 Å². The lowest BCUT2D eigenvalue weighted by molar-refractivity contribution is -0.00359. The molecule has 4 saturated heterocycles. The van der Waals surface area contributed by atoms with Crippen LogP contribution in [0.15, 0.2) is 35.3 Å². The number of oxazole rings is 1. The maximum Gasteiger partial charge on any atom is 0.276 e. The monoisotopic (exact) mass is 367 g/mol.